The van der Waals surface area contributed by atoms with Gasteiger partial charge in [0.1, 0.15) is 5.75 Å². The summed E-state index contributed by atoms with van der Waals surface area (Å²) < 4.78 is 5.37. The van der Waals surface area contributed by atoms with Crippen molar-refractivity contribution in [3.63, 3.8) is 0 Å². The highest BCUT2D eigenvalue weighted by Gasteiger charge is 2.19. The third kappa shape index (κ3) is 5.70. The summed E-state index contributed by atoms with van der Waals surface area (Å²) >= 11 is 11.7. The van der Waals surface area contributed by atoms with Gasteiger partial charge in [-0.3, -0.25) is 4.79 Å². The van der Waals surface area contributed by atoms with Crippen LogP contribution < -0.4 is 10.1 Å². The van der Waals surface area contributed by atoms with Gasteiger partial charge in [-0.05, 0) is 38.5 Å². The van der Waals surface area contributed by atoms with E-state index in [9.17, 15) is 4.79 Å². The minimum Gasteiger partial charge on any atom is -0.482 e. The number of rotatable bonds is 6. The summed E-state index contributed by atoms with van der Waals surface area (Å²) in [6, 6.07) is 4.90. The molecule has 0 saturated heterocycles. The van der Waals surface area contributed by atoms with Crippen LogP contribution in [0.4, 0.5) is 0 Å². The molecule has 3 nitrogen and oxygen atoms in total. The molecule has 19 heavy (non-hydrogen) atoms. The summed E-state index contributed by atoms with van der Waals surface area (Å²) in [7, 11) is 0. The van der Waals surface area contributed by atoms with Crippen molar-refractivity contribution in [1.29, 1.82) is 0 Å². The number of ether oxygens (including phenoxy) is 1. The Bertz CT molecular complexity index is 447. The molecule has 106 valence electrons. The Kier molecular flexibility index (Phi) is 5.95. The molecular formula is C14H19Cl2NO2. The van der Waals surface area contributed by atoms with Gasteiger partial charge in [0.15, 0.2) is 6.61 Å². The fourth-order valence-electron chi connectivity index (χ4n) is 1.84. The lowest BCUT2D eigenvalue weighted by Crippen LogP contribution is -2.45. The Morgan fingerprint density at radius 2 is 2.05 bits per heavy atom. The second kappa shape index (κ2) is 7.01. The molecule has 0 heterocycles. The lowest BCUT2D eigenvalue weighted by Gasteiger charge is -2.25. The number of amides is 1. The van der Waals surface area contributed by atoms with Gasteiger partial charge in [0.25, 0.3) is 5.91 Å². The average molecular weight is 304 g/mol. The Balaban J connectivity index is 2.50. The van der Waals surface area contributed by atoms with Crippen molar-refractivity contribution in [2.24, 2.45) is 0 Å². The van der Waals surface area contributed by atoms with Crippen LogP contribution in [-0.4, -0.2) is 18.1 Å². The number of hydrogen-bond donors (Lipinski definition) is 1. The van der Waals surface area contributed by atoms with Gasteiger partial charge in [-0.25, -0.2) is 0 Å². The molecule has 1 N–H and O–H groups in total. The van der Waals surface area contributed by atoms with Crippen molar-refractivity contribution in [3.05, 3.63) is 28.2 Å². The first-order chi connectivity index (χ1) is 8.84. The molecule has 1 rings (SSSR count). The van der Waals surface area contributed by atoms with Gasteiger partial charge < -0.3 is 10.1 Å². The molecule has 0 radical (unpaired) electrons. The van der Waals surface area contributed by atoms with Gasteiger partial charge in [0, 0.05) is 10.6 Å². The van der Waals surface area contributed by atoms with Gasteiger partial charge in [0.2, 0.25) is 0 Å². The van der Waals surface area contributed by atoms with Gasteiger partial charge in [-0.15, -0.1) is 0 Å². The summed E-state index contributed by atoms with van der Waals surface area (Å²) in [5.74, 6) is 0.291. The van der Waals surface area contributed by atoms with Gasteiger partial charge in [-0.1, -0.05) is 36.5 Å². The first kappa shape index (κ1) is 16.1. The third-order valence-corrected chi connectivity index (χ3v) is 3.14. The highest BCUT2D eigenvalue weighted by atomic mass is 35.5. The van der Waals surface area contributed by atoms with Crippen molar-refractivity contribution < 1.29 is 9.53 Å². The van der Waals surface area contributed by atoms with E-state index < -0.39 is 0 Å². The summed E-state index contributed by atoms with van der Waals surface area (Å²) in [5, 5.41) is 3.85. The molecule has 0 bridgehead atoms. The zero-order chi connectivity index (χ0) is 14.5. The monoisotopic (exact) mass is 303 g/mol. The molecular weight excluding hydrogens is 285 g/mol. The van der Waals surface area contributed by atoms with E-state index in [1.807, 2.05) is 13.8 Å². The summed E-state index contributed by atoms with van der Waals surface area (Å²) in [6.07, 6.45) is 1.93. The van der Waals surface area contributed by atoms with Crippen LogP contribution in [0.1, 0.15) is 33.6 Å². The maximum atomic E-state index is 11.8. The maximum Gasteiger partial charge on any atom is 0.258 e. The topological polar surface area (TPSA) is 38.3 Å². The Morgan fingerprint density at radius 1 is 1.37 bits per heavy atom. The zero-order valence-electron chi connectivity index (χ0n) is 11.4. The molecule has 0 aromatic heterocycles. The lowest BCUT2D eigenvalue weighted by atomic mass is 9.99. The third-order valence-electron chi connectivity index (χ3n) is 2.61. The fourth-order valence-corrected chi connectivity index (χ4v) is 2.30. The van der Waals surface area contributed by atoms with Crippen LogP contribution in [0.2, 0.25) is 10.0 Å². The van der Waals surface area contributed by atoms with Crippen LogP contribution in [0.5, 0.6) is 5.75 Å². The largest absolute Gasteiger partial charge is 0.482 e. The molecule has 0 atom stereocenters. The second-order valence-electron chi connectivity index (χ2n) is 5.05. The Hall–Kier alpha value is -0.930. The second-order valence-corrected chi connectivity index (χ2v) is 5.89. The molecule has 5 heteroatoms. The van der Waals surface area contributed by atoms with Crippen molar-refractivity contribution in [2.45, 2.75) is 39.2 Å². The SMILES string of the molecule is CCCC(C)(C)NC(=O)COc1ccc(Cl)cc1Cl. The first-order valence-corrected chi connectivity index (χ1v) is 6.98. The predicted octanol–water partition coefficient (Wildman–Crippen LogP) is 4.07. The quantitative estimate of drug-likeness (QED) is 0.860. The zero-order valence-corrected chi connectivity index (χ0v) is 12.9. The van der Waals surface area contributed by atoms with Crippen molar-refractivity contribution in [2.75, 3.05) is 6.61 Å². The number of hydrogen-bond acceptors (Lipinski definition) is 2. The van der Waals surface area contributed by atoms with Crippen molar-refractivity contribution in [3.8, 4) is 5.75 Å². The maximum absolute atomic E-state index is 11.8. The van der Waals surface area contributed by atoms with Crippen LogP contribution in [-0.2, 0) is 4.79 Å². The smallest absolute Gasteiger partial charge is 0.258 e. The number of carbonyl (C=O) groups is 1. The summed E-state index contributed by atoms with van der Waals surface area (Å²) in [5.41, 5.74) is -0.223. The standard InChI is InChI=1S/C14H19Cl2NO2/c1-4-7-14(2,3)17-13(18)9-19-12-6-5-10(15)8-11(12)16/h5-6,8H,4,7,9H2,1-3H3,(H,17,18). The lowest BCUT2D eigenvalue weighted by molar-refractivity contribution is -0.124. The summed E-state index contributed by atoms with van der Waals surface area (Å²) in [4.78, 5) is 11.8. The molecule has 0 aliphatic rings. The first-order valence-electron chi connectivity index (χ1n) is 6.23. The van der Waals surface area contributed by atoms with E-state index in [1.54, 1.807) is 18.2 Å². The van der Waals surface area contributed by atoms with E-state index in [-0.39, 0.29) is 18.1 Å². The van der Waals surface area contributed by atoms with Gasteiger partial charge >= 0.3 is 0 Å². The number of benzene rings is 1. The number of halogens is 2. The highest BCUT2D eigenvalue weighted by molar-refractivity contribution is 6.35. The van der Waals surface area contributed by atoms with Gasteiger partial charge in [0.05, 0.1) is 5.02 Å². The summed E-state index contributed by atoms with van der Waals surface area (Å²) in [6.45, 7) is 6.00. The van der Waals surface area contributed by atoms with E-state index in [2.05, 4.69) is 12.2 Å². The predicted molar refractivity (Wildman–Crippen MR) is 79.1 cm³/mol. The molecule has 1 aromatic carbocycles. The molecule has 1 aromatic rings. The van der Waals surface area contributed by atoms with E-state index in [4.69, 9.17) is 27.9 Å². The molecule has 1 amide bonds. The van der Waals surface area contributed by atoms with Crippen LogP contribution in [0.3, 0.4) is 0 Å². The van der Waals surface area contributed by atoms with E-state index in [0.29, 0.717) is 15.8 Å². The molecule has 0 fully saturated rings. The van der Waals surface area contributed by atoms with Crippen LogP contribution in [0.25, 0.3) is 0 Å². The molecule has 0 aliphatic heterocycles. The average Bonchev–Trinajstić information content (AvgIpc) is 2.26. The minimum absolute atomic E-state index is 0.0610. The van der Waals surface area contributed by atoms with Crippen LogP contribution in [0, 0.1) is 0 Å². The normalized spacial score (nSPS) is 11.2. The highest BCUT2D eigenvalue weighted by Crippen LogP contribution is 2.27. The Morgan fingerprint density at radius 3 is 2.63 bits per heavy atom. The Labute approximate surface area is 124 Å². The molecule has 0 spiro atoms. The van der Waals surface area contributed by atoms with Crippen LogP contribution >= 0.6 is 23.2 Å². The van der Waals surface area contributed by atoms with E-state index >= 15 is 0 Å². The van der Waals surface area contributed by atoms with Crippen molar-refractivity contribution >= 4 is 29.1 Å². The minimum atomic E-state index is -0.223. The number of carbonyl (C=O) groups excluding carboxylic acids is 1. The fraction of sp³-hybridized carbons (Fsp3) is 0.500. The molecule has 0 aliphatic carbocycles. The van der Waals surface area contributed by atoms with Crippen LogP contribution in [0.15, 0.2) is 18.2 Å². The molecule has 0 unspecified atom stereocenters. The van der Waals surface area contributed by atoms with Gasteiger partial charge in [-0.2, -0.15) is 0 Å². The molecule has 0 saturated carbocycles. The van der Waals surface area contributed by atoms with Crippen molar-refractivity contribution in [1.82, 2.24) is 5.32 Å². The van der Waals surface area contributed by atoms with E-state index in [0.717, 1.165) is 12.8 Å². The van der Waals surface area contributed by atoms with E-state index in [1.165, 1.54) is 0 Å². The number of nitrogens with one attached hydrogen (secondary N) is 1.